The first-order valence-corrected chi connectivity index (χ1v) is 7.28. The van der Waals surface area contributed by atoms with Gasteiger partial charge in [0.15, 0.2) is 5.82 Å². The summed E-state index contributed by atoms with van der Waals surface area (Å²) in [4.78, 5) is 4.39. The first-order chi connectivity index (χ1) is 9.63. The van der Waals surface area contributed by atoms with Crippen LogP contribution in [0.25, 0.3) is 0 Å². The SMILES string of the molecule is CCCc1noc(Cn2ccc(C(NC)C(C)C)c2)n1. The Bertz CT molecular complexity index is 529. The molecule has 5 nitrogen and oxygen atoms in total. The highest BCUT2D eigenvalue weighted by atomic mass is 16.5. The number of hydrogen-bond donors (Lipinski definition) is 1. The van der Waals surface area contributed by atoms with E-state index in [1.165, 1.54) is 5.56 Å². The largest absolute Gasteiger partial charge is 0.345 e. The molecule has 0 saturated carbocycles. The standard InChI is InChI=1S/C15H24N4O/c1-5-6-13-17-14(20-18-13)10-19-8-7-12(9-19)15(16-4)11(2)3/h7-9,11,15-16H,5-6,10H2,1-4H3. The van der Waals surface area contributed by atoms with Gasteiger partial charge in [-0.25, -0.2) is 0 Å². The molecule has 20 heavy (non-hydrogen) atoms. The molecular weight excluding hydrogens is 252 g/mol. The van der Waals surface area contributed by atoms with Crippen LogP contribution in [0.15, 0.2) is 23.0 Å². The Morgan fingerprint density at radius 3 is 2.85 bits per heavy atom. The van der Waals surface area contributed by atoms with Crippen LogP contribution in [0.4, 0.5) is 0 Å². The Labute approximate surface area is 120 Å². The predicted molar refractivity (Wildman–Crippen MR) is 78.5 cm³/mol. The minimum absolute atomic E-state index is 0.370. The van der Waals surface area contributed by atoms with Crippen LogP contribution >= 0.6 is 0 Å². The lowest BCUT2D eigenvalue weighted by atomic mass is 9.99. The van der Waals surface area contributed by atoms with Crippen molar-refractivity contribution in [3.63, 3.8) is 0 Å². The summed E-state index contributed by atoms with van der Waals surface area (Å²) in [6, 6.07) is 2.51. The van der Waals surface area contributed by atoms with Crippen LogP contribution in [0.5, 0.6) is 0 Å². The molecule has 110 valence electrons. The fourth-order valence-electron chi connectivity index (χ4n) is 2.46. The second-order valence-electron chi connectivity index (χ2n) is 5.48. The molecular formula is C15H24N4O. The van der Waals surface area contributed by atoms with Gasteiger partial charge in [0.2, 0.25) is 5.89 Å². The zero-order valence-corrected chi connectivity index (χ0v) is 12.8. The quantitative estimate of drug-likeness (QED) is 0.845. The molecule has 2 aromatic rings. The molecule has 1 unspecified atom stereocenters. The highest BCUT2D eigenvalue weighted by molar-refractivity contribution is 5.16. The van der Waals surface area contributed by atoms with Gasteiger partial charge in [-0.2, -0.15) is 4.98 Å². The number of aryl methyl sites for hydroxylation is 1. The lowest BCUT2D eigenvalue weighted by Gasteiger charge is -2.18. The van der Waals surface area contributed by atoms with E-state index in [-0.39, 0.29) is 0 Å². The molecule has 0 aliphatic rings. The summed E-state index contributed by atoms with van der Waals surface area (Å²) in [5.41, 5.74) is 1.29. The fraction of sp³-hybridized carbons (Fsp3) is 0.600. The van der Waals surface area contributed by atoms with Crippen LogP contribution in [0, 0.1) is 5.92 Å². The third kappa shape index (κ3) is 3.48. The third-order valence-electron chi connectivity index (χ3n) is 3.41. The summed E-state index contributed by atoms with van der Waals surface area (Å²) < 4.78 is 7.36. The Morgan fingerprint density at radius 1 is 1.40 bits per heavy atom. The van der Waals surface area contributed by atoms with E-state index in [9.17, 15) is 0 Å². The molecule has 0 aliphatic carbocycles. The summed E-state index contributed by atoms with van der Waals surface area (Å²) in [6.45, 7) is 7.17. The molecule has 0 aromatic carbocycles. The second kappa shape index (κ2) is 6.70. The van der Waals surface area contributed by atoms with Gasteiger partial charge in [-0.05, 0) is 31.0 Å². The van der Waals surface area contributed by atoms with Crippen LogP contribution < -0.4 is 5.32 Å². The van der Waals surface area contributed by atoms with Crippen molar-refractivity contribution in [1.29, 1.82) is 0 Å². The molecule has 0 aliphatic heterocycles. The van der Waals surface area contributed by atoms with Gasteiger partial charge in [0.25, 0.3) is 0 Å². The number of rotatable bonds is 7. The number of nitrogens with zero attached hydrogens (tertiary/aromatic N) is 3. The maximum absolute atomic E-state index is 5.27. The Balaban J connectivity index is 2.04. The van der Waals surface area contributed by atoms with Gasteiger partial charge in [-0.1, -0.05) is 25.9 Å². The van der Waals surface area contributed by atoms with E-state index in [1.807, 2.05) is 7.05 Å². The molecule has 0 amide bonds. The van der Waals surface area contributed by atoms with Gasteiger partial charge in [0, 0.05) is 24.9 Å². The first kappa shape index (κ1) is 14.8. The molecule has 2 rings (SSSR count). The average molecular weight is 276 g/mol. The van der Waals surface area contributed by atoms with Gasteiger partial charge >= 0.3 is 0 Å². The van der Waals surface area contributed by atoms with E-state index in [0.29, 0.717) is 24.4 Å². The minimum Gasteiger partial charge on any atom is -0.345 e. The number of aromatic nitrogens is 3. The van der Waals surface area contributed by atoms with E-state index < -0.39 is 0 Å². The minimum atomic E-state index is 0.370. The predicted octanol–water partition coefficient (Wildman–Crippen LogP) is 2.79. The van der Waals surface area contributed by atoms with Crippen LogP contribution in [-0.4, -0.2) is 21.8 Å². The van der Waals surface area contributed by atoms with Gasteiger partial charge in [-0.3, -0.25) is 0 Å². The van der Waals surface area contributed by atoms with Crippen LogP contribution in [0.1, 0.15) is 50.5 Å². The van der Waals surface area contributed by atoms with Crippen molar-refractivity contribution in [2.45, 2.75) is 46.2 Å². The summed E-state index contributed by atoms with van der Waals surface area (Å²) in [7, 11) is 2.00. The molecule has 5 heteroatoms. The summed E-state index contributed by atoms with van der Waals surface area (Å²) in [5.74, 6) is 2.02. The van der Waals surface area contributed by atoms with Crippen molar-refractivity contribution in [3.05, 3.63) is 35.7 Å². The molecule has 0 radical (unpaired) electrons. The third-order valence-corrected chi connectivity index (χ3v) is 3.41. The summed E-state index contributed by atoms with van der Waals surface area (Å²) in [6.07, 6.45) is 6.11. The van der Waals surface area contributed by atoms with Crippen molar-refractivity contribution >= 4 is 0 Å². The molecule has 2 aromatic heterocycles. The first-order valence-electron chi connectivity index (χ1n) is 7.28. The Kier molecular flexibility index (Phi) is 4.95. The smallest absolute Gasteiger partial charge is 0.246 e. The fourth-order valence-corrected chi connectivity index (χ4v) is 2.46. The Hall–Kier alpha value is -1.62. The highest BCUT2D eigenvalue weighted by Gasteiger charge is 2.15. The molecule has 2 heterocycles. The van der Waals surface area contributed by atoms with Crippen molar-refractivity contribution in [2.24, 2.45) is 5.92 Å². The van der Waals surface area contributed by atoms with E-state index in [2.05, 4.69) is 59.3 Å². The van der Waals surface area contributed by atoms with E-state index in [1.54, 1.807) is 0 Å². The maximum atomic E-state index is 5.27. The Morgan fingerprint density at radius 2 is 2.20 bits per heavy atom. The lowest BCUT2D eigenvalue weighted by Crippen LogP contribution is -2.21. The number of nitrogens with one attached hydrogen (secondary N) is 1. The molecule has 0 fully saturated rings. The molecule has 0 bridgehead atoms. The summed E-state index contributed by atoms with van der Waals surface area (Å²) in [5, 5.41) is 7.33. The zero-order chi connectivity index (χ0) is 14.5. The molecule has 0 spiro atoms. The van der Waals surface area contributed by atoms with Crippen molar-refractivity contribution in [2.75, 3.05) is 7.05 Å². The molecule has 1 atom stereocenters. The highest BCUT2D eigenvalue weighted by Crippen LogP contribution is 2.21. The maximum Gasteiger partial charge on any atom is 0.246 e. The van der Waals surface area contributed by atoms with Gasteiger partial charge in [0.05, 0.1) is 0 Å². The molecule has 1 N–H and O–H groups in total. The monoisotopic (exact) mass is 276 g/mol. The number of hydrogen-bond acceptors (Lipinski definition) is 4. The average Bonchev–Trinajstić information content (AvgIpc) is 3.01. The summed E-state index contributed by atoms with van der Waals surface area (Å²) >= 11 is 0. The lowest BCUT2D eigenvalue weighted by molar-refractivity contribution is 0.366. The van der Waals surface area contributed by atoms with E-state index >= 15 is 0 Å². The van der Waals surface area contributed by atoms with E-state index in [4.69, 9.17) is 4.52 Å². The molecule has 0 saturated heterocycles. The second-order valence-corrected chi connectivity index (χ2v) is 5.48. The van der Waals surface area contributed by atoms with Crippen molar-refractivity contribution in [3.8, 4) is 0 Å². The van der Waals surface area contributed by atoms with Gasteiger partial charge < -0.3 is 14.4 Å². The van der Waals surface area contributed by atoms with E-state index in [0.717, 1.165) is 18.7 Å². The van der Waals surface area contributed by atoms with Gasteiger partial charge in [-0.15, -0.1) is 0 Å². The van der Waals surface area contributed by atoms with Gasteiger partial charge in [0.1, 0.15) is 6.54 Å². The topological polar surface area (TPSA) is 55.9 Å². The normalized spacial score (nSPS) is 13.1. The van der Waals surface area contributed by atoms with Crippen LogP contribution in [0.3, 0.4) is 0 Å². The van der Waals surface area contributed by atoms with Crippen LogP contribution in [0.2, 0.25) is 0 Å². The zero-order valence-electron chi connectivity index (χ0n) is 12.8. The van der Waals surface area contributed by atoms with Crippen molar-refractivity contribution in [1.82, 2.24) is 20.0 Å². The van der Waals surface area contributed by atoms with Crippen molar-refractivity contribution < 1.29 is 4.52 Å². The van der Waals surface area contributed by atoms with Crippen LogP contribution in [-0.2, 0) is 13.0 Å².